The molecule has 2 aliphatic heterocycles. The first-order valence-corrected chi connectivity index (χ1v) is 19.8. The number of carbonyl (C=O) groups is 5. The Balaban J connectivity index is 2.02. The van der Waals surface area contributed by atoms with Crippen molar-refractivity contribution in [3.8, 4) is 0 Å². The summed E-state index contributed by atoms with van der Waals surface area (Å²) >= 11 is 0. The van der Waals surface area contributed by atoms with E-state index in [9.17, 15) is 28.5 Å². The van der Waals surface area contributed by atoms with Crippen molar-refractivity contribution >= 4 is 45.4 Å². The highest BCUT2D eigenvalue weighted by Crippen LogP contribution is 2.57. The maximum Gasteiger partial charge on any atom is 0.364 e. The number of Topliss-reactive ketones (excluding diaryl/α,β-unsaturated/α-hetero) is 1. The molecule has 0 saturated carbocycles. The van der Waals surface area contributed by atoms with Crippen LogP contribution in [0.2, 0.25) is 18.1 Å². The van der Waals surface area contributed by atoms with Gasteiger partial charge in [0.15, 0.2) is 14.1 Å². The number of ketones is 1. The minimum absolute atomic E-state index is 0.0545. The minimum Gasteiger partial charge on any atom is -0.458 e. The summed E-state index contributed by atoms with van der Waals surface area (Å²) in [7, 11) is -6.62. The van der Waals surface area contributed by atoms with E-state index in [1.165, 1.54) is 12.1 Å². The number of carbonyl (C=O) groups excluding carboxylic acids is 5. The number of benzene rings is 1. The smallest absolute Gasteiger partial charge is 0.364 e. The molecular weight excluding hydrogens is 619 g/mol. The topological polar surface area (TPSA) is 146 Å². The molecule has 45 heavy (non-hydrogen) atoms. The first kappa shape index (κ1) is 36.8. The molecule has 0 aromatic heterocycles. The van der Waals surface area contributed by atoms with E-state index in [1.54, 1.807) is 46.8 Å². The summed E-state index contributed by atoms with van der Waals surface area (Å²) in [6, 6.07) is 3.79. The molecule has 2 aliphatic rings. The Bertz CT molecular complexity index is 1340. The molecule has 12 nitrogen and oxygen atoms in total. The zero-order chi connectivity index (χ0) is 34.1. The highest BCUT2D eigenvalue weighted by Gasteiger charge is 2.63. The fourth-order valence-electron chi connectivity index (χ4n) is 5.04. The molecule has 1 unspecified atom stereocenters. The van der Waals surface area contributed by atoms with Crippen LogP contribution in [0.5, 0.6) is 0 Å². The lowest BCUT2D eigenvalue weighted by molar-refractivity contribution is -0.174. The van der Waals surface area contributed by atoms with E-state index in [2.05, 4.69) is 20.8 Å². The van der Waals surface area contributed by atoms with Gasteiger partial charge in [0.1, 0.15) is 11.6 Å². The van der Waals surface area contributed by atoms with Gasteiger partial charge in [-0.2, -0.15) is 0 Å². The fraction of sp³-hybridized carbons (Fsp3) is 0.645. The Morgan fingerprint density at radius 3 is 1.89 bits per heavy atom. The van der Waals surface area contributed by atoms with Crippen LogP contribution in [0.25, 0.3) is 0 Å². The van der Waals surface area contributed by atoms with Crippen molar-refractivity contribution in [3.63, 3.8) is 0 Å². The van der Waals surface area contributed by atoms with E-state index in [4.69, 9.17) is 18.2 Å². The van der Waals surface area contributed by atoms with Gasteiger partial charge in [0.25, 0.3) is 11.8 Å². The van der Waals surface area contributed by atoms with Gasteiger partial charge in [-0.3, -0.25) is 28.6 Å². The van der Waals surface area contributed by atoms with Crippen molar-refractivity contribution in [1.82, 2.24) is 9.80 Å². The summed E-state index contributed by atoms with van der Waals surface area (Å²) in [5, 5.41) is -0.124. The molecule has 3 rings (SSSR count). The van der Waals surface area contributed by atoms with Crippen LogP contribution in [0.3, 0.4) is 0 Å². The molecule has 2 heterocycles. The average molecular weight is 667 g/mol. The second kappa shape index (κ2) is 13.6. The fourth-order valence-corrected chi connectivity index (χ4v) is 7.97. The van der Waals surface area contributed by atoms with Crippen molar-refractivity contribution in [1.29, 1.82) is 0 Å². The van der Waals surface area contributed by atoms with Gasteiger partial charge < -0.3 is 23.1 Å². The number of rotatable bonds is 14. The van der Waals surface area contributed by atoms with Crippen LogP contribution >= 0.6 is 7.60 Å². The van der Waals surface area contributed by atoms with Crippen molar-refractivity contribution < 1.29 is 46.7 Å². The first-order chi connectivity index (χ1) is 20.7. The van der Waals surface area contributed by atoms with Crippen LogP contribution in [0.4, 0.5) is 0 Å². The third-order valence-corrected chi connectivity index (χ3v) is 15.0. The molecule has 0 aliphatic carbocycles. The number of esters is 1. The lowest BCUT2D eigenvalue weighted by atomic mass is 9.88. The van der Waals surface area contributed by atoms with Crippen molar-refractivity contribution in [3.05, 3.63) is 35.4 Å². The molecule has 0 radical (unpaired) electrons. The van der Waals surface area contributed by atoms with Gasteiger partial charge in [-0.25, -0.2) is 4.79 Å². The Morgan fingerprint density at radius 1 is 0.933 bits per heavy atom. The molecule has 1 aromatic carbocycles. The number of fused-ring (bicyclic) bond motifs is 1. The summed E-state index contributed by atoms with van der Waals surface area (Å²) < 4.78 is 36.9. The highest BCUT2D eigenvalue weighted by molar-refractivity contribution is 7.55. The summed E-state index contributed by atoms with van der Waals surface area (Å²) in [6.07, 6.45) is -0.154. The lowest BCUT2D eigenvalue weighted by Gasteiger charge is -2.52. The second-order valence-electron chi connectivity index (χ2n) is 13.7. The SMILES string of the molecule is CCOP(=O)(OCC)C(C(=O)OC(C)(C)C)N1C(=O)[C@@H](N2C(=O)c3ccccc3C2=O)[C@H]1CCC(=O)CO[Si](C)(C)C(C)(C)C. The number of amides is 3. The van der Waals surface area contributed by atoms with Crippen LogP contribution in [-0.2, 0) is 37.2 Å². The maximum atomic E-state index is 14.2. The number of β-lactam (4-membered cyclic amide) rings is 1. The Kier molecular flexibility index (Phi) is 11.1. The van der Waals surface area contributed by atoms with Crippen molar-refractivity contribution in [2.24, 2.45) is 0 Å². The number of nitrogens with zero attached hydrogens (tertiary/aromatic N) is 2. The van der Waals surface area contributed by atoms with E-state index in [-0.39, 0.29) is 54.6 Å². The Hall–Kier alpha value is -2.70. The number of hydrogen-bond acceptors (Lipinski definition) is 10. The predicted molar refractivity (Wildman–Crippen MR) is 169 cm³/mol. The maximum absolute atomic E-state index is 14.2. The van der Waals surface area contributed by atoms with Gasteiger partial charge in [-0.05, 0) is 71.3 Å². The summed E-state index contributed by atoms with van der Waals surface area (Å²) in [5.41, 5.74) is -0.741. The predicted octanol–water partition coefficient (Wildman–Crippen LogP) is 5.17. The second-order valence-corrected chi connectivity index (χ2v) is 20.6. The largest absolute Gasteiger partial charge is 0.458 e. The third-order valence-electron chi connectivity index (χ3n) is 8.25. The number of hydrogen-bond donors (Lipinski definition) is 0. The molecule has 0 N–H and O–H groups in total. The number of imide groups is 1. The quantitative estimate of drug-likeness (QED) is 0.0857. The normalized spacial score (nSPS) is 19.8. The van der Waals surface area contributed by atoms with Gasteiger partial charge in [-0.15, -0.1) is 0 Å². The number of ether oxygens (including phenoxy) is 1. The Morgan fingerprint density at radius 2 is 1.44 bits per heavy atom. The standard InChI is InChI=1S/C31H47N2O10PSi/c1-11-40-44(39,41-12-2)28(29(38)43-30(3,4)5)32-23(18-17-20(34)19-42-45(9,10)31(6,7)8)24(27(32)37)33-25(35)21-15-13-14-16-22(21)26(33)36/h13-16,23-24,28H,11-12,17-19H2,1-10H3/t23-,24+,28?/m1/s1. The van der Waals surface area contributed by atoms with Crippen molar-refractivity contribution in [2.45, 2.75) is 110 Å². The van der Waals surface area contributed by atoms with Gasteiger partial charge in [0.05, 0.1) is 37.0 Å². The average Bonchev–Trinajstić information content (AvgIpc) is 3.16. The van der Waals surface area contributed by atoms with Gasteiger partial charge in [0.2, 0.25) is 11.7 Å². The van der Waals surface area contributed by atoms with E-state index in [1.807, 2.05) is 13.1 Å². The third kappa shape index (κ3) is 7.65. The van der Waals surface area contributed by atoms with Crippen LogP contribution in [-0.4, -0.2) is 90.9 Å². The summed E-state index contributed by atoms with van der Waals surface area (Å²) in [6.45, 7) is 17.8. The van der Waals surface area contributed by atoms with Gasteiger partial charge >= 0.3 is 13.6 Å². The molecule has 1 fully saturated rings. The minimum atomic E-state index is -4.38. The van der Waals surface area contributed by atoms with E-state index < -0.39 is 63.1 Å². The molecule has 0 bridgehead atoms. The monoisotopic (exact) mass is 666 g/mol. The van der Waals surface area contributed by atoms with Gasteiger partial charge in [-0.1, -0.05) is 32.9 Å². The molecule has 14 heteroatoms. The summed E-state index contributed by atoms with van der Waals surface area (Å²) in [5.74, 6) is -5.27. The van der Waals surface area contributed by atoms with Crippen LogP contribution in [0.1, 0.15) is 88.9 Å². The van der Waals surface area contributed by atoms with Crippen LogP contribution in [0, 0.1) is 0 Å². The molecule has 3 atom stereocenters. The van der Waals surface area contributed by atoms with Crippen molar-refractivity contribution in [2.75, 3.05) is 19.8 Å². The van der Waals surface area contributed by atoms with Crippen LogP contribution in [0.15, 0.2) is 24.3 Å². The van der Waals surface area contributed by atoms with E-state index >= 15 is 0 Å². The van der Waals surface area contributed by atoms with Gasteiger partial charge in [0, 0.05) is 6.42 Å². The molecule has 1 aromatic rings. The molecule has 1 saturated heterocycles. The lowest BCUT2D eigenvalue weighted by Crippen LogP contribution is -2.74. The number of likely N-dealkylation sites (tertiary alicyclic amines) is 1. The zero-order valence-corrected chi connectivity index (χ0v) is 29.9. The zero-order valence-electron chi connectivity index (χ0n) is 28.0. The highest BCUT2D eigenvalue weighted by atomic mass is 31.2. The van der Waals surface area contributed by atoms with E-state index in [0.717, 1.165) is 9.80 Å². The first-order valence-electron chi connectivity index (χ1n) is 15.3. The molecule has 0 spiro atoms. The molecular formula is C31H47N2O10PSi. The summed E-state index contributed by atoms with van der Waals surface area (Å²) in [4.78, 5) is 69.6. The Labute approximate surface area is 266 Å². The van der Waals surface area contributed by atoms with E-state index in [0.29, 0.717) is 0 Å². The van der Waals surface area contributed by atoms with Crippen LogP contribution < -0.4 is 0 Å². The molecule has 250 valence electrons. The molecule has 3 amide bonds.